The molecule has 0 spiro atoms. The summed E-state index contributed by atoms with van der Waals surface area (Å²) >= 11 is 3.42. The highest BCUT2D eigenvalue weighted by molar-refractivity contribution is 9.10. The number of aromatic nitrogens is 2. The predicted octanol–water partition coefficient (Wildman–Crippen LogP) is 3.39. The third-order valence-electron chi connectivity index (χ3n) is 2.55. The van der Waals surface area contributed by atoms with Crippen LogP contribution in [0.3, 0.4) is 0 Å². The second-order valence-corrected chi connectivity index (χ2v) is 5.18. The minimum Gasteiger partial charge on any atom is -0.484 e. The Morgan fingerprint density at radius 2 is 2.17 bits per heavy atom. The zero-order valence-corrected chi connectivity index (χ0v) is 12.0. The molecule has 0 saturated heterocycles. The van der Waals surface area contributed by atoms with Crippen LogP contribution in [0.25, 0.3) is 0 Å². The van der Waals surface area contributed by atoms with Crippen molar-refractivity contribution >= 4 is 21.6 Å². The molecular weight excluding hydrogens is 294 g/mol. The van der Waals surface area contributed by atoms with Gasteiger partial charge in [-0.1, -0.05) is 6.07 Å². The van der Waals surface area contributed by atoms with Crippen LogP contribution in [0.5, 0.6) is 5.75 Å². The first kappa shape index (κ1) is 13.0. The molecule has 18 heavy (non-hydrogen) atoms. The highest BCUT2D eigenvalue weighted by Gasteiger charge is 2.07. The van der Waals surface area contributed by atoms with Gasteiger partial charge in [-0.15, -0.1) is 0 Å². The standard InChI is InChI=1S/C13H16BrN3O/c1-9(2)17-7-6-10(16-17)8-18-13-11(14)4-3-5-12(13)15/h3-7,9H,8,15H2,1-2H3. The van der Waals surface area contributed by atoms with Crippen molar-refractivity contribution in [1.29, 1.82) is 0 Å². The Kier molecular flexibility index (Phi) is 3.91. The molecule has 0 aliphatic carbocycles. The topological polar surface area (TPSA) is 53.1 Å². The lowest BCUT2D eigenvalue weighted by atomic mass is 10.3. The lowest BCUT2D eigenvalue weighted by Crippen LogP contribution is -2.04. The second kappa shape index (κ2) is 5.44. The van der Waals surface area contributed by atoms with Gasteiger partial charge in [-0.05, 0) is 48.0 Å². The number of nitrogen functional groups attached to an aromatic ring is 1. The lowest BCUT2D eigenvalue weighted by molar-refractivity contribution is 0.298. The predicted molar refractivity (Wildman–Crippen MR) is 75.5 cm³/mol. The zero-order valence-electron chi connectivity index (χ0n) is 10.4. The van der Waals surface area contributed by atoms with E-state index in [9.17, 15) is 0 Å². The van der Waals surface area contributed by atoms with Crippen LogP contribution in [-0.4, -0.2) is 9.78 Å². The summed E-state index contributed by atoms with van der Waals surface area (Å²) in [5.74, 6) is 0.664. The van der Waals surface area contributed by atoms with Gasteiger partial charge in [0.15, 0.2) is 5.75 Å². The number of benzene rings is 1. The van der Waals surface area contributed by atoms with Gasteiger partial charge in [0.25, 0.3) is 0 Å². The Balaban J connectivity index is 2.07. The fourth-order valence-electron chi connectivity index (χ4n) is 1.57. The summed E-state index contributed by atoms with van der Waals surface area (Å²) in [6, 6.07) is 7.89. The van der Waals surface area contributed by atoms with Crippen LogP contribution in [0.2, 0.25) is 0 Å². The number of hydrogen-bond acceptors (Lipinski definition) is 3. The smallest absolute Gasteiger partial charge is 0.156 e. The Morgan fingerprint density at radius 3 is 2.78 bits per heavy atom. The molecule has 0 amide bonds. The van der Waals surface area contributed by atoms with Gasteiger partial charge < -0.3 is 10.5 Å². The average Bonchev–Trinajstić information content (AvgIpc) is 2.77. The number of para-hydroxylation sites is 1. The van der Waals surface area contributed by atoms with Crippen molar-refractivity contribution in [3.05, 3.63) is 40.6 Å². The Bertz CT molecular complexity index is 517. The first-order valence-electron chi connectivity index (χ1n) is 5.78. The van der Waals surface area contributed by atoms with Crippen molar-refractivity contribution < 1.29 is 4.74 Å². The number of anilines is 1. The molecule has 1 aromatic heterocycles. The molecule has 4 nitrogen and oxygen atoms in total. The van der Waals surface area contributed by atoms with Crippen molar-refractivity contribution in [2.24, 2.45) is 0 Å². The minimum atomic E-state index is 0.354. The average molecular weight is 310 g/mol. The Morgan fingerprint density at radius 1 is 1.39 bits per heavy atom. The molecule has 1 aromatic carbocycles. The van der Waals surface area contributed by atoms with Crippen molar-refractivity contribution in [1.82, 2.24) is 9.78 Å². The van der Waals surface area contributed by atoms with E-state index in [0.29, 0.717) is 24.1 Å². The monoisotopic (exact) mass is 309 g/mol. The van der Waals surface area contributed by atoms with Crippen LogP contribution in [0, 0.1) is 0 Å². The van der Waals surface area contributed by atoms with Crippen molar-refractivity contribution in [3.8, 4) is 5.75 Å². The number of ether oxygens (including phenoxy) is 1. The molecule has 96 valence electrons. The van der Waals surface area contributed by atoms with Gasteiger partial charge in [-0.25, -0.2) is 0 Å². The molecule has 0 aliphatic rings. The van der Waals surface area contributed by atoms with E-state index in [1.807, 2.05) is 35.1 Å². The summed E-state index contributed by atoms with van der Waals surface area (Å²) in [4.78, 5) is 0. The van der Waals surface area contributed by atoms with Crippen LogP contribution in [-0.2, 0) is 6.61 Å². The highest BCUT2D eigenvalue weighted by atomic mass is 79.9. The second-order valence-electron chi connectivity index (χ2n) is 4.33. The summed E-state index contributed by atoms with van der Waals surface area (Å²) in [6.45, 7) is 4.58. The highest BCUT2D eigenvalue weighted by Crippen LogP contribution is 2.31. The maximum Gasteiger partial charge on any atom is 0.156 e. The normalized spacial score (nSPS) is 10.9. The molecule has 0 unspecified atom stereocenters. The number of rotatable bonds is 4. The number of hydrogen-bond donors (Lipinski definition) is 1. The van der Waals surface area contributed by atoms with Crippen LogP contribution in [0.1, 0.15) is 25.6 Å². The fraction of sp³-hybridized carbons (Fsp3) is 0.308. The molecule has 0 radical (unpaired) electrons. The molecule has 2 aromatic rings. The van der Waals surface area contributed by atoms with E-state index in [1.54, 1.807) is 0 Å². The van der Waals surface area contributed by atoms with E-state index in [4.69, 9.17) is 10.5 Å². The van der Waals surface area contributed by atoms with Crippen molar-refractivity contribution in [2.75, 3.05) is 5.73 Å². The molecule has 2 rings (SSSR count). The molecular formula is C13H16BrN3O. The summed E-state index contributed by atoms with van der Waals surface area (Å²) < 4.78 is 8.46. The minimum absolute atomic E-state index is 0.354. The van der Waals surface area contributed by atoms with Gasteiger partial charge in [-0.3, -0.25) is 4.68 Å². The van der Waals surface area contributed by atoms with Crippen molar-refractivity contribution in [2.45, 2.75) is 26.5 Å². The fourth-order valence-corrected chi connectivity index (χ4v) is 2.06. The lowest BCUT2D eigenvalue weighted by Gasteiger charge is -2.09. The van der Waals surface area contributed by atoms with Gasteiger partial charge in [0.05, 0.1) is 15.9 Å². The quantitative estimate of drug-likeness (QED) is 0.881. The Labute approximate surface area is 115 Å². The van der Waals surface area contributed by atoms with Gasteiger partial charge in [0.2, 0.25) is 0 Å². The molecule has 0 atom stereocenters. The first-order valence-corrected chi connectivity index (χ1v) is 6.58. The third-order valence-corrected chi connectivity index (χ3v) is 3.18. The van der Waals surface area contributed by atoms with E-state index in [2.05, 4.69) is 34.9 Å². The summed E-state index contributed by atoms with van der Waals surface area (Å²) in [7, 11) is 0. The number of halogens is 1. The summed E-state index contributed by atoms with van der Waals surface area (Å²) in [5, 5.41) is 4.42. The molecule has 1 heterocycles. The van der Waals surface area contributed by atoms with E-state index in [1.165, 1.54) is 0 Å². The van der Waals surface area contributed by atoms with Gasteiger partial charge >= 0.3 is 0 Å². The number of nitrogens with two attached hydrogens (primary N) is 1. The zero-order chi connectivity index (χ0) is 13.1. The van der Waals surface area contributed by atoms with Gasteiger partial charge in [-0.2, -0.15) is 5.10 Å². The molecule has 0 aliphatic heterocycles. The molecule has 0 fully saturated rings. The summed E-state index contributed by atoms with van der Waals surface area (Å²) in [6.07, 6.45) is 1.95. The third kappa shape index (κ3) is 2.85. The number of nitrogens with zero attached hydrogens (tertiary/aromatic N) is 2. The summed E-state index contributed by atoms with van der Waals surface area (Å²) in [5.41, 5.74) is 7.36. The van der Waals surface area contributed by atoms with Crippen molar-refractivity contribution in [3.63, 3.8) is 0 Å². The Hall–Kier alpha value is -1.49. The van der Waals surface area contributed by atoms with E-state index >= 15 is 0 Å². The SMILES string of the molecule is CC(C)n1ccc(COc2c(N)cccc2Br)n1. The van der Waals surface area contributed by atoms with Gasteiger partial charge in [0, 0.05) is 12.2 Å². The van der Waals surface area contributed by atoms with E-state index in [-0.39, 0.29) is 0 Å². The molecule has 2 N–H and O–H groups in total. The maximum atomic E-state index is 5.86. The molecule has 0 saturated carbocycles. The van der Waals surface area contributed by atoms with Crippen LogP contribution < -0.4 is 10.5 Å². The maximum absolute atomic E-state index is 5.86. The van der Waals surface area contributed by atoms with Crippen LogP contribution in [0.4, 0.5) is 5.69 Å². The van der Waals surface area contributed by atoms with Crippen LogP contribution >= 0.6 is 15.9 Å². The first-order chi connectivity index (χ1) is 8.58. The van der Waals surface area contributed by atoms with E-state index < -0.39 is 0 Å². The molecule has 0 bridgehead atoms. The largest absolute Gasteiger partial charge is 0.484 e. The van der Waals surface area contributed by atoms with Gasteiger partial charge in [0.1, 0.15) is 6.61 Å². The molecule has 5 heteroatoms. The van der Waals surface area contributed by atoms with E-state index in [0.717, 1.165) is 10.2 Å². The van der Waals surface area contributed by atoms with Crippen LogP contribution in [0.15, 0.2) is 34.9 Å².